The molecule has 0 aliphatic rings. The van der Waals surface area contributed by atoms with Gasteiger partial charge in [-0.05, 0) is 19.1 Å². The molecule has 0 aliphatic heterocycles. The highest BCUT2D eigenvalue weighted by Crippen LogP contribution is 2.22. The minimum Gasteiger partial charge on any atom is -0.266 e. The second-order valence-electron chi connectivity index (χ2n) is 4.31. The van der Waals surface area contributed by atoms with Crippen molar-refractivity contribution in [2.45, 2.75) is 13.3 Å². The molecule has 0 saturated carbocycles. The third-order valence-electron chi connectivity index (χ3n) is 2.99. The van der Waals surface area contributed by atoms with Crippen molar-refractivity contribution in [3.63, 3.8) is 0 Å². The van der Waals surface area contributed by atoms with E-state index in [0.29, 0.717) is 33.0 Å². The largest absolute Gasteiger partial charge is 0.266 e. The summed E-state index contributed by atoms with van der Waals surface area (Å²) < 4.78 is 15.6. The minimum absolute atomic E-state index is 0.233. The summed E-state index contributed by atoms with van der Waals surface area (Å²) in [6, 6.07) is 6.18. The fraction of sp³-hybridized carbons (Fsp3) is 0.154. The number of nitrogens with zero attached hydrogens (tertiary/aromatic N) is 4. The van der Waals surface area contributed by atoms with Gasteiger partial charge in [-0.1, -0.05) is 29.3 Å². The van der Waals surface area contributed by atoms with E-state index in [1.807, 2.05) is 0 Å². The van der Waals surface area contributed by atoms with Crippen molar-refractivity contribution in [2.75, 3.05) is 0 Å². The molecule has 2 heterocycles. The number of aryl methyl sites for hydroxylation is 1. The Hall–Kier alpha value is -1.72. The van der Waals surface area contributed by atoms with Gasteiger partial charge in [0.05, 0.1) is 0 Å². The van der Waals surface area contributed by atoms with Crippen LogP contribution >= 0.6 is 23.2 Å². The summed E-state index contributed by atoms with van der Waals surface area (Å²) in [5.41, 5.74) is 0.961. The maximum Gasteiger partial charge on any atom is 0.165 e. The lowest BCUT2D eigenvalue weighted by atomic mass is 10.1. The molecule has 1 aromatic carbocycles. The van der Waals surface area contributed by atoms with Crippen molar-refractivity contribution in [3.05, 3.63) is 57.5 Å². The Kier molecular flexibility index (Phi) is 3.31. The molecule has 0 atom stereocenters. The SMILES string of the molecule is Cc1nc(Cl)cc2nnc(Cc3c(F)cccc3Cl)n12. The van der Waals surface area contributed by atoms with Gasteiger partial charge < -0.3 is 0 Å². The highest BCUT2D eigenvalue weighted by atomic mass is 35.5. The molecule has 2 aromatic heterocycles. The molecular weight excluding hydrogens is 302 g/mol. The van der Waals surface area contributed by atoms with E-state index in [0.717, 1.165) is 0 Å². The molecule has 0 aliphatic carbocycles. The van der Waals surface area contributed by atoms with Crippen molar-refractivity contribution < 1.29 is 4.39 Å². The average molecular weight is 311 g/mol. The molecule has 0 amide bonds. The van der Waals surface area contributed by atoms with Crippen LogP contribution in [0.15, 0.2) is 24.3 Å². The molecule has 0 spiro atoms. The first-order valence-electron chi connectivity index (χ1n) is 5.86. The second kappa shape index (κ2) is 5.00. The molecule has 4 nitrogen and oxygen atoms in total. The van der Waals surface area contributed by atoms with Crippen LogP contribution in [0.5, 0.6) is 0 Å². The van der Waals surface area contributed by atoms with Crippen LogP contribution in [0.2, 0.25) is 10.2 Å². The van der Waals surface area contributed by atoms with Gasteiger partial charge in [0.1, 0.15) is 22.6 Å². The number of aromatic nitrogens is 4. The van der Waals surface area contributed by atoms with E-state index in [9.17, 15) is 4.39 Å². The van der Waals surface area contributed by atoms with E-state index in [1.54, 1.807) is 29.5 Å². The number of hydrogen-bond donors (Lipinski definition) is 0. The predicted molar refractivity (Wildman–Crippen MR) is 74.7 cm³/mol. The van der Waals surface area contributed by atoms with Gasteiger partial charge in [-0.3, -0.25) is 4.40 Å². The van der Waals surface area contributed by atoms with Crippen LogP contribution < -0.4 is 0 Å². The van der Waals surface area contributed by atoms with Gasteiger partial charge in [0.25, 0.3) is 0 Å². The van der Waals surface area contributed by atoms with Crippen molar-refractivity contribution >= 4 is 28.8 Å². The maximum absolute atomic E-state index is 13.8. The second-order valence-corrected chi connectivity index (χ2v) is 5.11. The Morgan fingerprint density at radius 3 is 2.80 bits per heavy atom. The average Bonchev–Trinajstić information content (AvgIpc) is 2.77. The highest BCUT2D eigenvalue weighted by Gasteiger charge is 2.14. The molecule has 0 N–H and O–H groups in total. The summed E-state index contributed by atoms with van der Waals surface area (Å²) >= 11 is 11.9. The van der Waals surface area contributed by atoms with Gasteiger partial charge in [0.2, 0.25) is 0 Å². The zero-order valence-corrected chi connectivity index (χ0v) is 12.0. The Labute approximate surface area is 124 Å². The summed E-state index contributed by atoms with van der Waals surface area (Å²) in [6.07, 6.45) is 0.233. The number of hydrogen-bond acceptors (Lipinski definition) is 3. The van der Waals surface area contributed by atoms with Gasteiger partial charge in [-0.2, -0.15) is 0 Å². The first-order chi connectivity index (χ1) is 9.56. The van der Waals surface area contributed by atoms with Crippen molar-refractivity contribution in [3.8, 4) is 0 Å². The first kappa shape index (κ1) is 13.3. The van der Waals surface area contributed by atoms with Crippen LogP contribution in [-0.4, -0.2) is 19.6 Å². The Bertz CT molecular complexity index is 780. The molecule has 0 saturated heterocycles. The Morgan fingerprint density at radius 1 is 1.25 bits per heavy atom. The lowest BCUT2D eigenvalue weighted by Gasteiger charge is -2.06. The first-order valence-corrected chi connectivity index (χ1v) is 6.62. The Balaban J connectivity index is 2.12. The normalized spacial score (nSPS) is 11.2. The summed E-state index contributed by atoms with van der Waals surface area (Å²) in [5, 5.41) is 8.79. The third kappa shape index (κ3) is 2.23. The molecule has 0 fully saturated rings. The van der Waals surface area contributed by atoms with Crippen LogP contribution in [0.25, 0.3) is 5.65 Å². The molecule has 0 unspecified atom stereocenters. The van der Waals surface area contributed by atoms with Crippen LogP contribution in [0.1, 0.15) is 17.2 Å². The van der Waals surface area contributed by atoms with Crippen molar-refractivity contribution in [1.82, 2.24) is 19.6 Å². The lowest BCUT2D eigenvalue weighted by molar-refractivity contribution is 0.611. The Morgan fingerprint density at radius 2 is 2.05 bits per heavy atom. The van der Waals surface area contributed by atoms with Crippen molar-refractivity contribution in [2.24, 2.45) is 0 Å². The lowest BCUT2D eigenvalue weighted by Crippen LogP contribution is -2.03. The maximum atomic E-state index is 13.8. The fourth-order valence-corrected chi connectivity index (χ4v) is 2.54. The number of fused-ring (bicyclic) bond motifs is 1. The van der Waals surface area contributed by atoms with E-state index in [4.69, 9.17) is 23.2 Å². The topological polar surface area (TPSA) is 43.1 Å². The predicted octanol–water partition coefficient (Wildman–Crippen LogP) is 3.47. The summed E-state index contributed by atoms with van der Waals surface area (Å²) in [6.45, 7) is 1.79. The highest BCUT2D eigenvalue weighted by molar-refractivity contribution is 6.31. The van der Waals surface area contributed by atoms with Gasteiger partial charge >= 0.3 is 0 Å². The molecular formula is C13H9Cl2FN4. The number of rotatable bonds is 2. The molecule has 3 aromatic rings. The van der Waals surface area contributed by atoms with Crippen molar-refractivity contribution in [1.29, 1.82) is 0 Å². The van der Waals surface area contributed by atoms with Gasteiger partial charge in [0, 0.05) is 23.1 Å². The van der Waals surface area contributed by atoms with Crippen LogP contribution in [0.4, 0.5) is 4.39 Å². The number of halogens is 3. The van der Waals surface area contributed by atoms with Gasteiger partial charge in [-0.25, -0.2) is 9.37 Å². The number of benzene rings is 1. The molecule has 102 valence electrons. The fourth-order valence-electron chi connectivity index (χ4n) is 2.09. The standard InChI is InChI=1S/C13H9Cl2FN4/c1-7-17-11(15)6-13-19-18-12(20(7)13)5-8-9(14)3-2-4-10(8)16/h2-4,6H,5H2,1H3. The molecule has 7 heteroatoms. The van der Waals surface area contributed by atoms with Gasteiger partial charge in [-0.15, -0.1) is 10.2 Å². The minimum atomic E-state index is -0.367. The summed E-state index contributed by atoms with van der Waals surface area (Å²) in [7, 11) is 0. The quantitative estimate of drug-likeness (QED) is 0.681. The zero-order valence-electron chi connectivity index (χ0n) is 10.4. The van der Waals surface area contributed by atoms with Crippen LogP contribution in [-0.2, 0) is 6.42 Å². The molecule has 3 rings (SSSR count). The third-order valence-corrected chi connectivity index (χ3v) is 3.54. The van der Waals surface area contributed by atoms with E-state index in [-0.39, 0.29) is 12.2 Å². The zero-order chi connectivity index (χ0) is 14.3. The summed E-state index contributed by atoms with van der Waals surface area (Å²) in [4.78, 5) is 4.14. The molecule has 0 radical (unpaired) electrons. The molecule has 20 heavy (non-hydrogen) atoms. The van der Waals surface area contributed by atoms with Crippen LogP contribution in [0, 0.1) is 12.7 Å². The van der Waals surface area contributed by atoms with E-state index in [2.05, 4.69) is 15.2 Å². The smallest absolute Gasteiger partial charge is 0.165 e. The van der Waals surface area contributed by atoms with Gasteiger partial charge in [0.15, 0.2) is 5.65 Å². The van der Waals surface area contributed by atoms with E-state index >= 15 is 0 Å². The van der Waals surface area contributed by atoms with E-state index in [1.165, 1.54) is 6.07 Å². The van der Waals surface area contributed by atoms with E-state index < -0.39 is 0 Å². The summed E-state index contributed by atoms with van der Waals surface area (Å²) in [5.74, 6) is 0.836. The van der Waals surface area contributed by atoms with Crippen LogP contribution in [0.3, 0.4) is 0 Å². The monoisotopic (exact) mass is 310 g/mol. The molecule has 0 bridgehead atoms.